The van der Waals surface area contributed by atoms with Gasteiger partial charge in [0.1, 0.15) is 0 Å². The second-order valence-corrected chi connectivity index (χ2v) is 3.70. The number of amides is 2. The van der Waals surface area contributed by atoms with Gasteiger partial charge in [0.15, 0.2) is 0 Å². The van der Waals surface area contributed by atoms with E-state index >= 15 is 0 Å². The van der Waals surface area contributed by atoms with Crippen molar-refractivity contribution in [2.75, 3.05) is 47.1 Å². The summed E-state index contributed by atoms with van der Waals surface area (Å²) in [5.41, 5.74) is 0. The smallest absolute Gasteiger partial charge is 0.314 e. The monoisotopic (exact) mass is 278 g/mol. The van der Waals surface area contributed by atoms with Crippen LogP contribution in [0, 0.1) is 0 Å². The number of ether oxygens (including phenoxy) is 3. The largest absolute Gasteiger partial charge is 0.481 e. The van der Waals surface area contributed by atoms with E-state index in [2.05, 4.69) is 10.6 Å². The highest BCUT2D eigenvalue weighted by molar-refractivity contribution is 5.74. The van der Waals surface area contributed by atoms with Gasteiger partial charge in [-0.3, -0.25) is 4.79 Å². The molecular weight excluding hydrogens is 256 g/mol. The lowest BCUT2D eigenvalue weighted by Gasteiger charge is -2.14. The third-order valence-corrected chi connectivity index (χ3v) is 2.19. The van der Waals surface area contributed by atoms with Gasteiger partial charge < -0.3 is 30.0 Å². The van der Waals surface area contributed by atoms with E-state index in [1.807, 2.05) is 0 Å². The maximum Gasteiger partial charge on any atom is 0.314 e. The van der Waals surface area contributed by atoms with Gasteiger partial charge in [0.2, 0.25) is 0 Å². The number of aliphatic carboxylic acids is 1. The molecule has 112 valence electrons. The molecular formula is C11H22N2O6. The fourth-order valence-corrected chi connectivity index (χ4v) is 1.18. The van der Waals surface area contributed by atoms with Crippen LogP contribution in [0.1, 0.15) is 6.42 Å². The van der Waals surface area contributed by atoms with Gasteiger partial charge in [-0.25, -0.2) is 4.79 Å². The molecule has 8 nitrogen and oxygen atoms in total. The Morgan fingerprint density at radius 2 is 1.89 bits per heavy atom. The topological polar surface area (TPSA) is 106 Å². The molecule has 0 aliphatic rings. The van der Waals surface area contributed by atoms with Gasteiger partial charge in [-0.15, -0.1) is 0 Å². The first kappa shape index (κ1) is 17.6. The Balaban J connectivity index is 3.54. The first-order valence-electron chi connectivity index (χ1n) is 5.93. The number of carbonyl (C=O) groups is 2. The molecule has 0 fully saturated rings. The van der Waals surface area contributed by atoms with E-state index in [1.54, 1.807) is 7.11 Å². The molecule has 1 atom stereocenters. The highest BCUT2D eigenvalue weighted by atomic mass is 16.5. The third-order valence-electron chi connectivity index (χ3n) is 2.19. The van der Waals surface area contributed by atoms with E-state index in [-0.39, 0.29) is 19.0 Å². The first-order chi connectivity index (χ1) is 9.10. The third kappa shape index (κ3) is 11.4. The Labute approximate surface area is 112 Å². The van der Waals surface area contributed by atoms with Crippen molar-refractivity contribution in [2.45, 2.75) is 12.5 Å². The summed E-state index contributed by atoms with van der Waals surface area (Å²) in [6.07, 6.45) is -0.696. The minimum absolute atomic E-state index is 0.138. The molecule has 0 aliphatic heterocycles. The van der Waals surface area contributed by atoms with Gasteiger partial charge in [-0.05, 0) is 0 Å². The number of carboxylic acid groups (broad SMARTS) is 1. The molecule has 0 bridgehead atoms. The molecule has 0 spiro atoms. The second kappa shape index (κ2) is 11.7. The Morgan fingerprint density at radius 3 is 2.47 bits per heavy atom. The molecule has 0 rings (SSSR count). The molecule has 0 radical (unpaired) electrons. The average Bonchev–Trinajstić information content (AvgIpc) is 2.38. The fourth-order valence-electron chi connectivity index (χ4n) is 1.18. The summed E-state index contributed by atoms with van der Waals surface area (Å²) >= 11 is 0. The zero-order valence-corrected chi connectivity index (χ0v) is 11.3. The first-order valence-corrected chi connectivity index (χ1v) is 5.93. The number of carbonyl (C=O) groups excluding carboxylic acids is 1. The average molecular weight is 278 g/mol. The van der Waals surface area contributed by atoms with Crippen molar-refractivity contribution in [3.05, 3.63) is 0 Å². The Hall–Kier alpha value is -1.38. The predicted molar refractivity (Wildman–Crippen MR) is 67.1 cm³/mol. The van der Waals surface area contributed by atoms with Crippen LogP contribution in [-0.2, 0) is 19.0 Å². The predicted octanol–water partition coefficient (Wildman–Crippen LogP) is -0.562. The lowest BCUT2D eigenvalue weighted by atomic mass is 10.2. The van der Waals surface area contributed by atoms with Crippen LogP contribution in [0.15, 0.2) is 0 Å². The van der Waals surface area contributed by atoms with Crippen LogP contribution in [0.4, 0.5) is 4.79 Å². The highest BCUT2D eigenvalue weighted by Gasteiger charge is 2.13. The molecule has 8 heteroatoms. The lowest BCUT2D eigenvalue weighted by molar-refractivity contribution is -0.139. The van der Waals surface area contributed by atoms with Gasteiger partial charge in [0, 0.05) is 27.3 Å². The summed E-state index contributed by atoms with van der Waals surface area (Å²) < 4.78 is 14.9. The fraction of sp³-hybridized carbons (Fsp3) is 0.818. The number of urea groups is 1. The van der Waals surface area contributed by atoms with E-state index < -0.39 is 12.1 Å². The van der Waals surface area contributed by atoms with Crippen molar-refractivity contribution in [3.8, 4) is 0 Å². The molecule has 0 saturated carbocycles. The standard InChI is InChI=1S/C11H22N2O6/c1-17-5-6-19-4-3-12-11(16)13-8-9(18-2)7-10(14)15/h9H,3-8H2,1-2H3,(H,14,15)(H2,12,13,16). The summed E-state index contributed by atoms with van der Waals surface area (Å²) in [4.78, 5) is 21.8. The van der Waals surface area contributed by atoms with E-state index in [0.29, 0.717) is 26.4 Å². The minimum atomic E-state index is -0.972. The van der Waals surface area contributed by atoms with Gasteiger partial charge in [-0.2, -0.15) is 0 Å². The number of carboxylic acids is 1. The molecule has 0 aliphatic carbocycles. The molecule has 0 heterocycles. The Morgan fingerprint density at radius 1 is 1.16 bits per heavy atom. The number of hydrogen-bond acceptors (Lipinski definition) is 5. The normalized spacial score (nSPS) is 11.9. The molecule has 2 amide bonds. The van der Waals surface area contributed by atoms with Gasteiger partial charge >= 0.3 is 12.0 Å². The minimum Gasteiger partial charge on any atom is -0.481 e. The maximum absolute atomic E-state index is 11.3. The number of methoxy groups -OCH3 is 2. The molecule has 0 aromatic carbocycles. The van der Waals surface area contributed by atoms with Crippen LogP contribution in [0.2, 0.25) is 0 Å². The van der Waals surface area contributed by atoms with E-state index in [4.69, 9.17) is 19.3 Å². The van der Waals surface area contributed by atoms with Crippen molar-refractivity contribution in [3.63, 3.8) is 0 Å². The number of hydrogen-bond donors (Lipinski definition) is 3. The SMILES string of the molecule is COCCOCCNC(=O)NCC(CC(=O)O)OC. The molecule has 19 heavy (non-hydrogen) atoms. The second-order valence-electron chi connectivity index (χ2n) is 3.70. The van der Waals surface area contributed by atoms with Crippen molar-refractivity contribution < 1.29 is 28.9 Å². The zero-order valence-electron chi connectivity index (χ0n) is 11.3. The summed E-state index contributed by atoms with van der Waals surface area (Å²) in [6, 6.07) is -0.386. The summed E-state index contributed by atoms with van der Waals surface area (Å²) in [5, 5.41) is 13.7. The van der Waals surface area contributed by atoms with Crippen LogP contribution < -0.4 is 10.6 Å². The summed E-state index contributed by atoms with van der Waals surface area (Å²) in [5.74, 6) is -0.972. The van der Waals surface area contributed by atoms with Crippen LogP contribution in [-0.4, -0.2) is 70.3 Å². The molecule has 0 aromatic rings. The van der Waals surface area contributed by atoms with Crippen molar-refractivity contribution in [2.24, 2.45) is 0 Å². The van der Waals surface area contributed by atoms with Gasteiger partial charge in [-0.1, -0.05) is 0 Å². The van der Waals surface area contributed by atoms with Gasteiger partial charge in [0.05, 0.1) is 32.3 Å². The van der Waals surface area contributed by atoms with Crippen LogP contribution in [0.5, 0.6) is 0 Å². The maximum atomic E-state index is 11.3. The molecule has 3 N–H and O–H groups in total. The van der Waals surface area contributed by atoms with Crippen molar-refractivity contribution >= 4 is 12.0 Å². The van der Waals surface area contributed by atoms with Crippen LogP contribution in [0.25, 0.3) is 0 Å². The van der Waals surface area contributed by atoms with Crippen LogP contribution in [0.3, 0.4) is 0 Å². The molecule has 0 aromatic heterocycles. The number of rotatable bonds is 11. The van der Waals surface area contributed by atoms with E-state index in [1.165, 1.54) is 7.11 Å². The quantitative estimate of drug-likeness (QED) is 0.437. The summed E-state index contributed by atoms with van der Waals surface area (Å²) in [6.45, 7) is 1.88. The lowest BCUT2D eigenvalue weighted by Crippen LogP contribution is -2.41. The molecule has 1 unspecified atom stereocenters. The van der Waals surface area contributed by atoms with Crippen molar-refractivity contribution in [1.29, 1.82) is 0 Å². The van der Waals surface area contributed by atoms with Gasteiger partial charge in [0.25, 0.3) is 0 Å². The molecule has 0 saturated heterocycles. The number of nitrogens with one attached hydrogen (secondary N) is 2. The van der Waals surface area contributed by atoms with Crippen molar-refractivity contribution in [1.82, 2.24) is 10.6 Å². The summed E-state index contributed by atoms with van der Waals surface area (Å²) in [7, 11) is 2.98. The highest BCUT2D eigenvalue weighted by Crippen LogP contribution is 1.95. The van der Waals surface area contributed by atoms with Crippen LogP contribution >= 0.6 is 0 Å². The Kier molecular flexibility index (Phi) is 10.8. The van der Waals surface area contributed by atoms with E-state index in [9.17, 15) is 9.59 Å². The zero-order chi connectivity index (χ0) is 14.5. The van der Waals surface area contributed by atoms with E-state index in [0.717, 1.165) is 0 Å². The Bertz CT molecular complexity index is 262.